The molecule has 5 nitrogen and oxygen atoms in total. The fraction of sp³-hybridized carbons (Fsp3) is 0.312. The van der Waals surface area contributed by atoms with E-state index in [0.29, 0.717) is 6.54 Å². The molecule has 2 atom stereocenters. The zero-order chi connectivity index (χ0) is 15.7. The Kier molecular flexibility index (Phi) is 3.78. The summed E-state index contributed by atoms with van der Waals surface area (Å²) in [5.41, 5.74) is 0.871. The zero-order valence-electron chi connectivity index (χ0n) is 12.2. The number of carbonyl (C=O) groups is 1. The monoisotopic (exact) mass is 319 g/mol. The molecule has 2 aromatic rings. The molecule has 2 unspecified atom stereocenters. The highest BCUT2D eigenvalue weighted by molar-refractivity contribution is 7.90. The maximum absolute atomic E-state index is 12.1. The van der Waals surface area contributed by atoms with Crippen LogP contribution in [-0.4, -0.2) is 20.6 Å². The van der Waals surface area contributed by atoms with E-state index in [1.807, 2.05) is 12.1 Å². The van der Waals surface area contributed by atoms with Gasteiger partial charge >= 0.3 is 0 Å². The van der Waals surface area contributed by atoms with Gasteiger partial charge in [-0.1, -0.05) is 12.1 Å². The number of hydrogen-bond acceptors (Lipinski definition) is 4. The summed E-state index contributed by atoms with van der Waals surface area (Å²) < 4.78 is 28.1. The Balaban J connectivity index is 1.54. The summed E-state index contributed by atoms with van der Waals surface area (Å²) in [5, 5.41) is 2.88. The van der Waals surface area contributed by atoms with Gasteiger partial charge < -0.3 is 9.73 Å². The third-order valence-corrected chi connectivity index (χ3v) is 4.98. The molecule has 1 saturated carbocycles. The summed E-state index contributed by atoms with van der Waals surface area (Å²) in [7, 11) is -3.18. The SMILES string of the molecule is CS(=O)(=O)c1ccc(CNC(=O)C2CC2c2ccco2)cc1. The van der Waals surface area contributed by atoms with Gasteiger partial charge in [0.15, 0.2) is 9.84 Å². The van der Waals surface area contributed by atoms with Crippen LogP contribution in [0.15, 0.2) is 52.0 Å². The van der Waals surface area contributed by atoms with Gasteiger partial charge in [-0.25, -0.2) is 8.42 Å². The number of benzene rings is 1. The van der Waals surface area contributed by atoms with Crippen LogP contribution in [0.1, 0.15) is 23.7 Å². The van der Waals surface area contributed by atoms with Crippen molar-refractivity contribution in [3.05, 3.63) is 54.0 Å². The average Bonchev–Trinajstić information content (AvgIpc) is 3.10. The van der Waals surface area contributed by atoms with Gasteiger partial charge in [-0.15, -0.1) is 0 Å². The van der Waals surface area contributed by atoms with Crippen molar-refractivity contribution in [3.63, 3.8) is 0 Å². The number of rotatable bonds is 5. The van der Waals surface area contributed by atoms with Crippen molar-refractivity contribution in [2.75, 3.05) is 6.26 Å². The van der Waals surface area contributed by atoms with Crippen LogP contribution in [0, 0.1) is 5.92 Å². The molecular formula is C16H17NO4S. The van der Waals surface area contributed by atoms with Crippen molar-refractivity contribution in [2.24, 2.45) is 5.92 Å². The van der Waals surface area contributed by atoms with Gasteiger partial charge in [0, 0.05) is 24.6 Å². The number of hydrogen-bond donors (Lipinski definition) is 1. The Morgan fingerprint density at radius 2 is 2.00 bits per heavy atom. The van der Waals surface area contributed by atoms with Crippen molar-refractivity contribution in [3.8, 4) is 0 Å². The van der Waals surface area contributed by atoms with Crippen LogP contribution >= 0.6 is 0 Å². The highest BCUT2D eigenvalue weighted by atomic mass is 32.2. The molecule has 6 heteroatoms. The lowest BCUT2D eigenvalue weighted by atomic mass is 10.2. The quantitative estimate of drug-likeness (QED) is 0.915. The van der Waals surface area contributed by atoms with Crippen molar-refractivity contribution in [1.82, 2.24) is 5.32 Å². The van der Waals surface area contributed by atoms with E-state index < -0.39 is 9.84 Å². The molecule has 0 radical (unpaired) electrons. The van der Waals surface area contributed by atoms with E-state index >= 15 is 0 Å². The molecule has 1 aromatic heterocycles. The summed E-state index contributed by atoms with van der Waals surface area (Å²) in [5.74, 6) is 1.02. The summed E-state index contributed by atoms with van der Waals surface area (Å²) in [4.78, 5) is 12.3. The first-order valence-electron chi connectivity index (χ1n) is 7.05. The maximum Gasteiger partial charge on any atom is 0.224 e. The second-order valence-corrected chi connectivity index (χ2v) is 7.61. The van der Waals surface area contributed by atoms with Crippen LogP contribution in [0.2, 0.25) is 0 Å². The molecule has 1 aliphatic rings. The fourth-order valence-electron chi connectivity index (χ4n) is 2.48. The lowest BCUT2D eigenvalue weighted by Crippen LogP contribution is -2.24. The van der Waals surface area contributed by atoms with Gasteiger partial charge in [-0.3, -0.25) is 4.79 Å². The molecule has 116 valence electrons. The molecule has 0 saturated heterocycles. The van der Waals surface area contributed by atoms with E-state index in [-0.39, 0.29) is 22.6 Å². The second-order valence-electron chi connectivity index (χ2n) is 5.60. The largest absolute Gasteiger partial charge is 0.469 e. The molecular weight excluding hydrogens is 302 g/mol. The Bertz CT molecular complexity index is 763. The summed E-state index contributed by atoms with van der Waals surface area (Å²) >= 11 is 0. The molecule has 22 heavy (non-hydrogen) atoms. The van der Waals surface area contributed by atoms with Crippen LogP contribution in [0.25, 0.3) is 0 Å². The summed E-state index contributed by atoms with van der Waals surface area (Å²) in [6, 6.07) is 10.3. The van der Waals surface area contributed by atoms with Crippen molar-refractivity contribution >= 4 is 15.7 Å². The molecule has 1 aromatic carbocycles. The smallest absolute Gasteiger partial charge is 0.224 e. The predicted molar refractivity (Wildman–Crippen MR) is 81.0 cm³/mol. The van der Waals surface area contributed by atoms with Crippen LogP contribution in [0.3, 0.4) is 0 Å². The number of carbonyl (C=O) groups excluding carboxylic acids is 1. The number of nitrogens with one attached hydrogen (secondary N) is 1. The van der Waals surface area contributed by atoms with E-state index in [1.165, 1.54) is 6.26 Å². The third-order valence-electron chi connectivity index (χ3n) is 3.85. The second kappa shape index (κ2) is 5.61. The van der Waals surface area contributed by atoms with Gasteiger partial charge in [0.2, 0.25) is 5.91 Å². The number of amides is 1. The van der Waals surface area contributed by atoms with E-state index in [0.717, 1.165) is 17.7 Å². The van der Waals surface area contributed by atoms with Crippen LogP contribution in [0.4, 0.5) is 0 Å². The molecule has 0 bridgehead atoms. The molecule has 0 aliphatic heterocycles. The molecule has 1 fully saturated rings. The van der Waals surface area contributed by atoms with E-state index in [4.69, 9.17) is 4.42 Å². The van der Waals surface area contributed by atoms with Gasteiger partial charge in [0.05, 0.1) is 11.2 Å². The first-order valence-corrected chi connectivity index (χ1v) is 8.94. The predicted octanol–water partition coefficient (Wildman–Crippen LogP) is 2.10. The fourth-order valence-corrected chi connectivity index (χ4v) is 3.11. The van der Waals surface area contributed by atoms with Gasteiger partial charge in [0.25, 0.3) is 0 Å². The maximum atomic E-state index is 12.1. The lowest BCUT2D eigenvalue weighted by Gasteiger charge is -2.06. The van der Waals surface area contributed by atoms with Crippen molar-refractivity contribution < 1.29 is 17.6 Å². The van der Waals surface area contributed by atoms with Gasteiger partial charge in [-0.05, 0) is 36.2 Å². The van der Waals surface area contributed by atoms with E-state index in [1.54, 1.807) is 30.5 Å². The van der Waals surface area contributed by atoms with Crippen LogP contribution < -0.4 is 5.32 Å². The molecule has 1 N–H and O–H groups in total. The molecule has 0 spiro atoms. The van der Waals surface area contributed by atoms with Crippen LogP contribution in [0.5, 0.6) is 0 Å². The Morgan fingerprint density at radius 3 is 2.59 bits per heavy atom. The minimum atomic E-state index is -3.18. The third kappa shape index (κ3) is 3.22. The Labute approximate surface area is 129 Å². The lowest BCUT2D eigenvalue weighted by molar-refractivity contribution is -0.122. The summed E-state index contributed by atoms with van der Waals surface area (Å²) in [6.07, 6.45) is 3.60. The topological polar surface area (TPSA) is 76.4 Å². The zero-order valence-corrected chi connectivity index (χ0v) is 13.0. The molecule has 1 amide bonds. The average molecular weight is 319 g/mol. The van der Waals surface area contributed by atoms with E-state index in [9.17, 15) is 13.2 Å². The highest BCUT2D eigenvalue weighted by Gasteiger charge is 2.45. The minimum absolute atomic E-state index is 0.00795. The Morgan fingerprint density at radius 1 is 1.27 bits per heavy atom. The minimum Gasteiger partial charge on any atom is -0.469 e. The molecule has 1 heterocycles. The van der Waals surface area contributed by atoms with Crippen molar-refractivity contribution in [2.45, 2.75) is 23.8 Å². The van der Waals surface area contributed by atoms with Gasteiger partial charge in [0.1, 0.15) is 5.76 Å². The molecule has 3 rings (SSSR count). The van der Waals surface area contributed by atoms with E-state index in [2.05, 4.69) is 5.32 Å². The first-order chi connectivity index (χ1) is 10.4. The normalized spacial score (nSPS) is 20.6. The Hall–Kier alpha value is -2.08. The standard InChI is InChI=1S/C16H17NO4S/c1-22(19,20)12-6-4-11(5-7-12)10-17-16(18)14-9-13(14)15-3-2-8-21-15/h2-8,13-14H,9-10H2,1H3,(H,17,18). The van der Waals surface area contributed by atoms with Crippen LogP contribution in [-0.2, 0) is 21.2 Å². The molecule has 1 aliphatic carbocycles. The van der Waals surface area contributed by atoms with Crippen molar-refractivity contribution in [1.29, 1.82) is 0 Å². The highest BCUT2D eigenvalue weighted by Crippen LogP contribution is 2.47. The summed E-state index contributed by atoms with van der Waals surface area (Å²) in [6.45, 7) is 0.393. The first kappa shape index (κ1) is 14.8. The number of furan rings is 1. The van der Waals surface area contributed by atoms with Gasteiger partial charge in [-0.2, -0.15) is 0 Å². The number of sulfone groups is 1.